The highest BCUT2D eigenvalue weighted by Gasteiger charge is 2.39. The van der Waals surface area contributed by atoms with Gasteiger partial charge in [-0.05, 0) is 20.8 Å². The topological polar surface area (TPSA) is 107 Å². The molecule has 2 unspecified atom stereocenters. The number of nitrogens with zero attached hydrogens (tertiary/aromatic N) is 4. The molecule has 1 aliphatic rings. The standard InChI is InChI=1S/C14H22N4O5/c1-14(2,3)23-13(21)17-5-9(11(7-17)22-4)10-6-18(16-15-10)8-12(19)20/h6,9,11H,5,7-8H2,1-4H3,(H,19,20). The van der Waals surface area contributed by atoms with Crippen LogP contribution >= 0.6 is 0 Å². The van der Waals surface area contributed by atoms with Crippen molar-refractivity contribution in [3.05, 3.63) is 11.9 Å². The number of methoxy groups -OCH3 is 1. The summed E-state index contributed by atoms with van der Waals surface area (Å²) in [4.78, 5) is 24.5. The molecule has 0 bridgehead atoms. The Kier molecular flexibility index (Phi) is 4.88. The van der Waals surface area contributed by atoms with Crippen LogP contribution in [0.5, 0.6) is 0 Å². The third-order valence-corrected chi connectivity index (χ3v) is 3.45. The summed E-state index contributed by atoms with van der Waals surface area (Å²) in [6.45, 7) is 5.95. The maximum absolute atomic E-state index is 12.2. The monoisotopic (exact) mass is 326 g/mol. The Morgan fingerprint density at radius 1 is 1.39 bits per heavy atom. The van der Waals surface area contributed by atoms with Crippen LogP contribution in [0.3, 0.4) is 0 Å². The molecule has 1 saturated heterocycles. The van der Waals surface area contributed by atoms with Crippen molar-refractivity contribution in [1.29, 1.82) is 0 Å². The van der Waals surface area contributed by atoms with Crippen molar-refractivity contribution in [3.8, 4) is 0 Å². The Balaban J connectivity index is 2.08. The van der Waals surface area contributed by atoms with Crippen molar-refractivity contribution in [2.24, 2.45) is 0 Å². The lowest BCUT2D eigenvalue weighted by Gasteiger charge is -2.24. The molecule has 1 amide bonds. The fourth-order valence-electron chi connectivity index (χ4n) is 2.47. The van der Waals surface area contributed by atoms with Gasteiger partial charge < -0.3 is 19.5 Å². The number of aliphatic carboxylic acids is 1. The molecule has 128 valence electrons. The van der Waals surface area contributed by atoms with Crippen LogP contribution in [-0.2, 0) is 20.8 Å². The van der Waals surface area contributed by atoms with E-state index < -0.39 is 17.7 Å². The molecule has 23 heavy (non-hydrogen) atoms. The van der Waals surface area contributed by atoms with E-state index >= 15 is 0 Å². The molecule has 0 spiro atoms. The van der Waals surface area contributed by atoms with E-state index in [0.29, 0.717) is 18.8 Å². The highest BCUT2D eigenvalue weighted by Crippen LogP contribution is 2.29. The van der Waals surface area contributed by atoms with Gasteiger partial charge >= 0.3 is 12.1 Å². The van der Waals surface area contributed by atoms with E-state index in [-0.39, 0.29) is 18.6 Å². The summed E-state index contributed by atoms with van der Waals surface area (Å²) >= 11 is 0. The van der Waals surface area contributed by atoms with Gasteiger partial charge in [0.05, 0.1) is 24.3 Å². The lowest BCUT2D eigenvalue weighted by Crippen LogP contribution is -2.36. The zero-order chi connectivity index (χ0) is 17.2. The Hall–Kier alpha value is -2.16. The first-order valence-corrected chi connectivity index (χ1v) is 7.32. The lowest BCUT2D eigenvalue weighted by atomic mass is 10.0. The van der Waals surface area contributed by atoms with E-state index in [4.69, 9.17) is 14.6 Å². The molecule has 2 rings (SSSR count). The normalized spacial score (nSPS) is 21.5. The number of aromatic nitrogens is 3. The molecule has 1 aromatic heterocycles. The van der Waals surface area contributed by atoms with Gasteiger partial charge in [0.15, 0.2) is 0 Å². The third kappa shape index (κ3) is 4.41. The lowest BCUT2D eigenvalue weighted by molar-refractivity contribution is -0.137. The van der Waals surface area contributed by atoms with Crippen molar-refractivity contribution >= 4 is 12.1 Å². The number of likely N-dealkylation sites (tertiary alicyclic amines) is 1. The van der Waals surface area contributed by atoms with Crippen molar-refractivity contribution in [2.45, 2.75) is 44.9 Å². The van der Waals surface area contributed by atoms with Crippen LogP contribution in [-0.4, -0.2) is 69.0 Å². The van der Waals surface area contributed by atoms with Crippen LogP contribution in [0.2, 0.25) is 0 Å². The van der Waals surface area contributed by atoms with Gasteiger partial charge in [0.1, 0.15) is 12.1 Å². The third-order valence-electron chi connectivity index (χ3n) is 3.45. The Labute approximate surface area is 134 Å². The summed E-state index contributed by atoms with van der Waals surface area (Å²) < 4.78 is 12.1. The molecule has 1 N–H and O–H groups in total. The van der Waals surface area contributed by atoms with Crippen LogP contribution in [0.25, 0.3) is 0 Å². The minimum atomic E-state index is -0.994. The predicted molar refractivity (Wildman–Crippen MR) is 79.0 cm³/mol. The van der Waals surface area contributed by atoms with Crippen molar-refractivity contribution in [1.82, 2.24) is 19.9 Å². The number of hydrogen-bond acceptors (Lipinski definition) is 6. The first-order valence-electron chi connectivity index (χ1n) is 7.32. The van der Waals surface area contributed by atoms with Gasteiger partial charge in [-0.3, -0.25) is 4.79 Å². The molecule has 9 nitrogen and oxygen atoms in total. The fraction of sp³-hybridized carbons (Fsp3) is 0.714. The first-order chi connectivity index (χ1) is 10.7. The van der Waals surface area contributed by atoms with Gasteiger partial charge in [0.2, 0.25) is 0 Å². The summed E-state index contributed by atoms with van der Waals surface area (Å²) in [5.41, 5.74) is 0.0340. The van der Waals surface area contributed by atoms with Crippen LogP contribution in [0.4, 0.5) is 4.79 Å². The molecule has 2 heterocycles. The Morgan fingerprint density at radius 2 is 2.09 bits per heavy atom. The smallest absolute Gasteiger partial charge is 0.410 e. The summed E-state index contributed by atoms with van der Waals surface area (Å²) in [6, 6.07) is 0. The zero-order valence-electron chi connectivity index (χ0n) is 13.7. The van der Waals surface area contributed by atoms with Crippen LogP contribution < -0.4 is 0 Å². The molecule has 0 aromatic carbocycles. The van der Waals surface area contributed by atoms with Crippen molar-refractivity contribution < 1.29 is 24.2 Å². The molecule has 1 aromatic rings. The van der Waals surface area contributed by atoms with E-state index in [1.165, 1.54) is 4.68 Å². The predicted octanol–water partition coefficient (Wildman–Crippen LogP) is 0.712. The van der Waals surface area contributed by atoms with Gasteiger partial charge in [0, 0.05) is 19.9 Å². The van der Waals surface area contributed by atoms with E-state index in [0.717, 1.165) is 0 Å². The number of carboxylic acid groups (broad SMARTS) is 1. The average Bonchev–Trinajstić information content (AvgIpc) is 3.01. The number of carbonyl (C=O) groups excluding carboxylic acids is 1. The highest BCUT2D eigenvalue weighted by molar-refractivity contribution is 5.69. The van der Waals surface area contributed by atoms with Crippen LogP contribution in [0.1, 0.15) is 32.4 Å². The molecule has 9 heteroatoms. The summed E-state index contributed by atoms with van der Waals surface area (Å²) in [7, 11) is 1.57. The van der Waals surface area contributed by atoms with Gasteiger partial charge in [-0.1, -0.05) is 5.21 Å². The maximum atomic E-state index is 12.2. The van der Waals surface area contributed by atoms with E-state index in [2.05, 4.69) is 10.3 Å². The zero-order valence-corrected chi connectivity index (χ0v) is 13.7. The van der Waals surface area contributed by atoms with Crippen molar-refractivity contribution in [2.75, 3.05) is 20.2 Å². The quantitative estimate of drug-likeness (QED) is 0.868. The fourth-order valence-corrected chi connectivity index (χ4v) is 2.47. The number of hydrogen-bond donors (Lipinski definition) is 1. The second-order valence-electron chi connectivity index (χ2n) is 6.50. The minimum absolute atomic E-state index is 0.171. The molecule has 2 atom stereocenters. The highest BCUT2D eigenvalue weighted by atomic mass is 16.6. The molecule has 0 radical (unpaired) electrons. The number of ether oxygens (including phenoxy) is 2. The van der Waals surface area contributed by atoms with Crippen LogP contribution in [0, 0.1) is 0 Å². The van der Waals surface area contributed by atoms with E-state index in [1.54, 1.807) is 18.2 Å². The van der Waals surface area contributed by atoms with Crippen molar-refractivity contribution in [3.63, 3.8) is 0 Å². The Bertz CT molecular complexity index is 580. The van der Waals surface area contributed by atoms with Crippen LogP contribution in [0.15, 0.2) is 6.20 Å². The molecule has 0 saturated carbocycles. The van der Waals surface area contributed by atoms with Gasteiger partial charge in [-0.15, -0.1) is 5.10 Å². The average molecular weight is 326 g/mol. The maximum Gasteiger partial charge on any atom is 0.410 e. The summed E-state index contributed by atoms with van der Waals surface area (Å²) in [6.07, 6.45) is 0.932. The van der Waals surface area contributed by atoms with Gasteiger partial charge in [-0.25, -0.2) is 9.48 Å². The number of rotatable bonds is 4. The second-order valence-corrected chi connectivity index (χ2v) is 6.50. The second kappa shape index (κ2) is 6.53. The van der Waals surface area contributed by atoms with E-state index in [9.17, 15) is 9.59 Å². The molecular weight excluding hydrogens is 304 g/mol. The summed E-state index contributed by atoms with van der Waals surface area (Å²) in [5, 5.41) is 16.6. The number of carboxylic acids is 1. The van der Waals surface area contributed by atoms with Gasteiger partial charge in [0.25, 0.3) is 0 Å². The first kappa shape index (κ1) is 17.2. The number of amides is 1. The largest absolute Gasteiger partial charge is 0.480 e. The number of carbonyl (C=O) groups is 2. The molecular formula is C14H22N4O5. The minimum Gasteiger partial charge on any atom is -0.480 e. The molecule has 0 aliphatic carbocycles. The van der Waals surface area contributed by atoms with E-state index in [1.807, 2.05) is 20.8 Å². The molecule has 1 fully saturated rings. The summed E-state index contributed by atoms with van der Waals surface area (Å²) in [5.74, 6) is -1.17. The van der Waals surface area contributed by atoms with Gasteiger partial charge in [-0.2, -0.15) is 0 Å². The molecule has 1 aliphatic heterocycles. The SMILES string of the molecule is COC1CN(C(=O)OC(C)(C)C)CC1c1cn(CC(=O)O)nn1. The Morgan fingerprint density at radius 3 is 2.65 bits per heavy atom.